The summed E-state index contributed by atoms with van der Waals surface area (Å²) in [7, 11) is 0. The lowest BCUT2D eigenvalue weighted by Crippen LogP contribution is -2.43. The van der Waals surface area contributed by atoms with Crippen LogP contribution in [0.2, 0.25) is 5.02 Å². The minimum atomic E-state index is 0.0612. The van der Waals surface area contributed by atoms with Gasteiger partial charge in [0, 0.05) is 30.2 Å². The smallest absolute Gasteiger partial charge is 0.295 e. The molecule has 1 amide bonds. The van der Waals surface area contributed by atoms with Crippen LogP contribution in [0.25, 0.3) is 11.1 Å². The number of amides is 1. The third kappa shape index (κ3) is 4.14. The molecule has 3 aromatic rings. The van der Waals surface area contributed by atoms with Crippen molar-refractivity contribution in [1.29, 1.82) is 0 Å². The van der Waals surface area contributed by atoms with Gasteiger partial charge in [0.25, 0.3) is 11.9 Å². The van der Waals surface area contributed by atoms with Crippen molar-refractivity contribution in [1.82, 2.24) is 9.88 Å². The third-order valence-corrected chi connectivity index (χ3v) is 5.39. The van der Waals surface area contributed by atoms with Crippen LogP contribution in [-0.4, -0.2) is 28.9 Å². The third-order valence-electron chi connectivity index (χ3n) is 5.15. The topological polar surface area (TPSA) is 58.4 Å². The number of oxazole rings is 1. The molecule has 1 N–H and O–H groups in total. The molecule has 2 heterocycles. The van der Waals surface area contributed by atoms with Gasteiger partial charge in [-0.3, -0.25) is 4.79 Å². The van der Waals surface area contributed by atoms with Crippen molar-refractivity contribution in [3.05, 3.63) is 58.6 Å². The zero-order valence-electron chi connectivity index (χ0n) is 16.2. The number of hydrogen-bond acceptors (Lipinski definition) is 4. The summed E-state index contributed by atoms with van der Waals surface area (Å²) in [5, 5.41) is 3.86. The molecule has 0 saturated carbocycles. The highest BCUT2D eigenvalue weighted by Gasteiger charge is 2.29. The van der Waals surface area contributed by atoms with Gasteiger partial charge in [-0.1, -0.05) is 37.6 Å². The van der Waals surface area contributed by atoms with Crippen LogP contribution in [0.15, 0.2) is 46.9 Å². The van der Waals surface area contributed by atoms with E-state index in [2.05, 4.69) is 24.1 Å². The number of nitrogens with zero attached hydrogens (tertiary/aromatic N) is 2. The molecular weight excluding hydrogens is 374 g/mol. The van der Waals surface area contributed by atoms with Crippen LogP contribution in [0.1, 0.15) is 42.6 Å². The maximum atomic E-state index is 12.9. The van der Waals surface area contributed by atoms with Gasteiger partial charge in [-0.25, -0.2) is 0 Å². The molecule has 2 aromatic carbocycles. The number of carbonyl (C=O) groups is 1. The summed E-state index contributed by atoms with van der Waals surface area (Å²) in [5.41, 5.74) is 3.20. The lowest BCUT2D eigenvalue weighted by atomic mass is 9.84. The van der Waals surface area contributed by atoms with Crippen molar-refractivity contribution >= 4 is 34.6 Å². The predicted molar refractivity (Wildman–Crippen MR) is 112 cm³/mol. The maximum absolute atomic E-state index is 12.9. The van der Waals surface area contributed by atoms with E-state index in [1.54, 1.807) is 0 Å². The number of carbonyl (C=O) groups excluding carboxylic acids is 1. The molecule has 0 bridgehead atoms. The molecule has 0 atom stereocenters. The van der Waals surface area contributed by atoms with Crippen LogP contribution < -0.4 is 5.32 Å². The highest BCUT2D eigenvalue weighted by atomic mass is 35.5. The summed E-state index contributed by atoms with van der Waals surface area (Å²) in [6.07, 6.45) is 2.20. The zero-order valence-corrected chi connectivity index (χ0v) is 16.9. The average molecular weight is 398 g/mol. The van der Waals surface area contributed by atoms with Gasteiger partial charge >= 0.3 is 0 Å². The Morgan fingerprint density at radius 2 is 2.14 bits per heavy atom. The quantitative estimate of drug-likeness (QED) is 0.644. The summed E-state index contributed by atoms with van der Waals surface area (Å²) in [6, 6.07) is 13.5. The molecule has 146 valence electrons. The fourth-order valence-electron chi connectivity index (χ4n) is 3.74. The Bertz CT molecular complexity index is 1010. The van der Waals surface area contributed by atoms with E-state index >= 15 is 0 Å². The van der Waals surface area contributed by atoms with Crippen LogP contribution in [0.5, 0.6) is 0 Å². The molecule has 4 rings (SSSR count). The monoisotopic (exact) mass is 397 g/mol. The van der Waals surface area contributed by atoms with E-state index in [9.17, 15) is 4.79 Å². The number of fused-ring (bicyclic) bond motifs is 1. The zero-order chi connectivity index (χ0) is 19.7. The van der Waals surface area contributed by atoms with Crippen LogP contribution in [0.3, 0.4) is 0 Å². The van der Waals surface area contributed by atoms with E-state index in [1.807, 2.05) is 47.4 Å². The molecule has 1 aliphatic rings. The van der Waals surface area contributed by atoms with E-state index in [1.165, 1.54) is 0 Å². The summed E-state index contributed by atoms with van der Waals surface area (Å²) in [4.78, 5) is 19.4. The van der Waals surface area contributed by atoms with Crippen LogP contribution in [0, 0.1) is 5.41 Å². The first-order valence-corrected chi connectivity index (χ1v) is 9.96. The van der Waals surface area contributed by atoms with E-state index < -0.39 is 0 Å². The molecule has 0 radical (unpaired) electrons. The second-order valence-electron chi connectivity index (χ2n) is 8.18. The first-order chi connectivity index (χ1) is 13.4. The molecule has 0 aliphatic carbocycles. The number of rotatable bonds is 4. The molecular formula is C22H24ClN3O2. The van der Waals surface area contributed by atoms with Crippen molar-refractivity contribution < 1.29 is 9.21 Å². The molecule has 0 unspecified atom stereocenters. The van der Waals surface area contributed by atoms with E-state index in [0.717, 1.165) is 31.5 Å². The standard InChI is InChI=1S/C22H24ClN3O2/c1-22(2)9-4-10-26(14-22)20(27)16-7-8-19-18(12-16)25-21(28-19)24-13-15-5-3-6-17(23)11-15/h3,5-8,11-12H,4,9-10,13-14H2,1-2H3,(H,24,25). The molecule has 1 saturated heterocycles. The number of halogens is 1. The predicted octanol–water partition coefficient (Wildman–Crippen LogP) is 5.36. The number of piperidine rings is 1. The van der Waals surface area contributed by atoms with Crippen LogP contribution >= 0.6 is 11.6 Å². The highest BCUT2D eigenvalue weighted by Crippen LogP contribution is 2.30. The Balaban J connectivity index is 1.49. The molecule has 0 spiro atoms. The lowest BCUT2D eigenvalue weighted by molar-refractivity contribution is 0.0583. The number of hydrogen-bond donors (Lipinski definition) is 1. The normalized spacial score (nSPS) is 16.3. The fraction of sp³-hybridized carbons (Fsp3) is 0.364. The van der Waals surface area contributed by atoms with Gasteiger partial charge in [0.2, 0.25) is 0 Å². The maximum Gasteiger partial charge on any atom is 0.295 e. The Kier molecular flexibility index (Phi) is 5.02. The number of likely N-dealkylation sites (tertiary alicyclic amines) is 1. The van der Waals surface area contributed by atoms with Gasteiger partial charge in [-0.2, -0.15) is 4.98 Å². The van der Waals surface area contributed by atoms with Gasteiger partial charge in [-0.15, -0.1) is 0 Å². The van der Waals surface area contributed by atoms with Gasteiger partial charge in [-0.05, 0) is 54.2 Å². The highest BCUT2D eigenvalue weighted by molar-refractivity contribution is 6.30. The van der Waals surface area contributed by atoms with Gasteiger partial charge in [0.1, 0.15) is 5.52 Å². The lowest BCUT2D eigenvalue weighted by Gasteiger charge is -2.38. The summed E-state index contributed by atoms with van der Waals surface area (Å²) in [5.74, 6) is 0.0612. The number of benzene rings is 2. The van der Waals surface area contributed by atoms with Crippen molar-refractivity contribution in [2.24, 2.45) is 5.41 Å². The van der Waals surface area contributed by atoms with E-state index in [-0.39, 0.29) is 11.3 Å². The second kappa shape index (κ2) is 7.47. The number of aromatic nitrogens is 1. The molecule has 5 nitrogen and oxygen atoms in total. The minimum Gasteiger partial charge on any atom is -0.424 e. The number of anilines is 1. The van der Waals surface area contributed by atoms with E-state index in [0.29, 0.717) is 34.2 Å². The first-order valence-electron chi connectivity index (χ1n) is 9.58. The molecule has 1 fully saturated rings. The van der Waals surface area contributed by atoms with Crippen molar-refractivity contribution in [2.75, 3.05) is 18.4 Å². The SMILES string of the molecule is CC1(C)CCCN(C(=O)c2ccc3oc(NCc4cccc(Cl)c4)nc3c2)C1. The average Bonchev–Trinajstić information content (AvgIpc) is 3.07. The Hall–Kier alpha value is -2.53. The summed E-state index contributed by atoms with van der Waals surface area (Å²) >= 11 is 6.02. The van der Waals surface area contributed by atoms with Gasteiger partial charge < -0.3 is 14.6 Å². The Morgan fingerprint density at radius 3 is 2.93 bits per heavy atom. The Labute approximate surface area is 169 Å². The summed E-state index contributed by atoms with van der Waals surface area (Å²) in [6.45, 7) is 6.58. The molecule has 28 heavy (non-hydrogen) atoms. The van der Waals surface area contributed by atoms with Crippen molar-refractivity contribution in [2.45, 2.75) is 33.2 Å². The van der Waals surface area contributed by atoms with Crippen LogP contribution in [-0.2, 0) is 6.54 Å². The second-order valence-corrected chi connectivity index (χ2v) is 8.62. The Morgan fingerprint density at radius 1 is 1.29 bits per heavy atom. The summed E-state index contributed by atoms with van der Waals surface area (Å²) < 4.78 is 5.75. The molecule has 1 aliphatic heterocycles. The largest absolute Gasteiger partial charge is 0.424 e. The fourth-order valence-corrected chi connectivity index (χ4v) is 3.95. The molecule has 1 aromatic heterocycles. The van der Waals surface area contributed by atoms with Crippen LogP contribution in [0.4, 0.5) is 6.01 Å². The van der Waals surface area contributed by atoms with Crippen molar-refractivity contribution in [3.8, 4) is 0 Å². The first kappa shape index (κ1) is 18.8. The van der Waals surface area contributed by atoms with E-state index in [4.69, 9.17) is 16.0 Å². The van der Waals surface area contributed by atoms with Crippen molar-refractivity contribution in [3.63, 3.8) is 0 Å². The number of nitrogens with one attached hydrogen (secondary N) is 1. The molecule has 6 heteroatoms. The minimum absolute atomic E-state index is 0.0612. The van der Waals surface area contributed by atoms with Gasteiger partial charge in [0.15, 0.2) is 5.58 Å². The van der Waals surface area contributed by atoms with Gasteiger partial charge in [0.05, 0.1) is 0 Å².